The van der Waals surface area contributed by atoms with Gasteiger partial charge in [0.1, 0.15) is 0 Å². The minimum atomic E-state index is 0.698. The summed E-state index contributed by atoms with van der Waals surface area (Å²) in [6.45, 7) is 3.11. The molecule has 0 aromatic heterocycles. The largest absolute Gasteiger partial charge is 0.301 e. The molecule has 2 heteroatoms. The zero-order valence-corrected chi connectivity index (χ0v) is 12.6. The Morgan fingerprint density at radius 3 is 1.50 bits per heavy atom. The average molecular weight is 288 g/mol. The Morgan fingerprint density at radius 1 is 0.650 bits per heavy atom. The van der Waals surface area contributed by atoms with Crippen molar-refractivity contribution in [3.63, 3.8) is 0 Å². The lowest BCUT2D eigenvalue weighted by atomic mass is 10.1. The van der Waals surface area contributed by atoms with Crippen molar-refractivity contribution in [1.82, 2.24) is 4.90 Å². The van der Waals surface area contributed by atoms with Crippen LogP contribution >= 0.6 is 11.6 Å². The number of nitrogens with zero attached hydrogens (tertiary/aromatic N) is 1. The second-order valence-electron chi connectivity index (χ2n) is 5.00. The fourth-order valence-corrected chi connectivity index (χ4v) is 2.56. The molecule has 0 unspecified atom stereocenters. The molecule has 0 atom stereocenters. The van der Waals surface area contributed by atoms with Gasteiger partial charge < -0.3 is 4.90 Å². The molecule has 0 aliphatic carbocycles. The van der Waals surface area contributed by atoms with Crippen molar-refractivity contribution in [2.45, 2.75) is 12.8 Å². The molecule has 0 saturated heterocycles. The molecule has 0 saturated carbocycles. The molecule has 0 amide bonds. The van der Waals surface area contributed by atoms with Crippen molar-refractivity contribution in [3.05, 3.63) is 71.8 Å². The predicted molar refractivity (Wildman–Crippen MR) is 87.5 cm³/mol. The van der Waals surface area contributed by atoms with Crippen LogP contribution in [0.15, 0.2) is 60.7 Å². The summed E-state index contributed by atoms with van der Waals surface area (Å²) in [6, 6.07) is 21.3. The van der Waals surface area contributed by atoms with Gasteiger partial charge in [-0.15, -0.1) is 11.6 Å². The van der Waals surface area contributed by atoms with Gasteiger partial charge in [-0.05, 0) is 24.0 Å². The molecule has 0 heterocycles. The molecule has 0 aliphatic rings. The van der Waals surface area contributed by atoms with Gasteiger partial charge >= 0.3 is 0 Å². The van der Waals surface area contributed by atoms with Crippen molar-refractivity contribution in [2.75, 3.05) is 25.5 Å². The lowest BCUT2D eigenvalue weighted by Crippen LogP contribution is -2.30. The number of halogens is 1. The first kappa shape index (κ1) is 15.1. The van der Waals surface area contributed by atoms with Crippen LogP contribution in [0.25, 0.3) is 0 Å². The number of hydrogen-bond donors (Lipinski definition) is 0. The van der Waals surface area contributed by atoms with Gasteiger partial charge in [-0.2, -0.15) is 0 Å². The lowest BCUT2D eigenvalue weighted by Gasteiger charge is -2.21. The molecule has 2 aromatic carbocycles. The molecule has 0 N–H and O–H groups in total. The monoisotopic (exact) mass is 287 g/mol. The molecule has 0 fully saturated rings. The summed E-state index contributed by atoms with van der Waals surface area (Å²) in [5, 5.41) is 0. The van der Waals surface area contributed by atoms with Crippen LogP contribution in [0.4, 0.5) is 0 Å². The van der Waals surface area contributed by atoms with Crippen LogP contribution in [-0.4, -0.2) is 30.4 Å². The smallest absolute Gasteiger partial charge is 0.0351 e. The maximum Gasteiger partial charge on any atom is 0.0351 e. The van der Waals surface area contributed by atoms with Crippen molar-refractivity contribution in [2.24, 2.45) is 0 Å². The average Bonchev–Trinajstić information content (AvgIpc) is 2.52. The van der Waals surface area contributed by atoms with Gasteiger partial charge in [0.25, 0.3) is 0 Å². The molecule has 106 valence electrons. The second kappa shape index (κ2) is 8.78. The van der Waals surface area contributed by atoms with Crippen molar-refractivity contribution < 1.29 is 0 Å². The van der Waals surface area contributed by atoms with E-state index in [0.717, 1.165) is 32.5 Å². The lowest BCUT2D eigenvalue weighted by molar-refractivity contribution is 0.297. The molecular formula is C18H22ClN. The van der Waals surface area contributed by atoms with Crippen LogP contribution in [0, 0.1) is 0 Å². The quantitative estimate of drug-likeness (QED) is 0.663. The van der Waals surface area contributed by atoms with Crippen LogP contribution in [0.5, 0.6) is 0 Å². The van der Waals surface area contributed by atoms with Crippen LogP contribution in [0.1, 0.15) is 11.1 Å². The van der Waals surface area contributed by atoms with Crippen molar-refractivity contribution in [3.8, 4) is 0 Å². The molecule has 0 bridgehead atoms. The zero-order valence-electron chi connectivity index (χ0n) is 11.8. The molecular weight excluding hydrogens is 266 g/mol. The van der Waals surface area contributed by atoms with Crippen LogP contribution in [0.2, 0.25) is 0 Å². The predicted octanol–water partition coefficient (Wildman–Crippen LogP) is 4.01. The van der Waals surface area contributed by atoms with Crippen LogP contribution < -0.4 is 0 Å². The van der Waals surface area contributed by atoms with E-state index in [0.29, 0.717) is 5.88 Å². The molecule has 1 nitrogen and oxygen atoms in total. The number of hydrogen-bond acceptors (Lipinski definition) is 1. The minimum absolute atomic E-state index is 0.698. The normalized spacial score (nSPS) is 10.9. The van der Waals surface area contributed by atoms with Gasteiger partial charge in [0.15, 0.2) is 0 Å². The fraction of sp³-hybridized carbons (Fsp3) is 0.333. The van der Waals surface area contributed by atoms with E-state index in [2.05, 4.69) is 65.6 Å². The van der Waals surface area contributed by atoms with E-state index in [1.54, 1.807) is 0 Å². The summed E-state index contributed by atoms with van der Waals surface area (Å²) < 4.78 is 0. The van der Waals surface area contributed by atoms with Crippen LogP contribution in [0.3, 0.4) is 0 Å². The zero-order chi connectivity index (χ0) is 14.0. The molecule has 20 heavy (non-hydrogen) atoms. The molecule has 2 rings (SSSR count). The van der Waals surface area contributed by atoms with Crippen molar-refractivity contribution in [1.29, 1.82) is 0 Å². The van der Waals surface area contributed by atoms with Gasteiger partial charge in [-0.3, -0.25) is 0 Å². The standard InChI is InChI=1S/C18H22ClN/c19-13-16-20(14-11-17-7-3-1-4-8-17)15-12-18-9-5-2-6-10-18/h1-10H,11-16H2. The highest BCUT2D eigenvalue weighted by atomic mass is 35.5. The SMILES string of the molecule is ClCCN(CCc1ccccc1)CCc1ccccc1. The Balaban J connectivity index is 1.81. The Bertz CT molecular complexity index is 426. The highest BCUT2D eigenvalue weighted by molar-refractivity contribution is 6.18. The van der Waals surface area contributed by atoms with Gasteiger partial charge in [0.2, 0.25) is 0 Å². The first-order valence-corrected chi connectivity index (χ1v) is 7.78. The molecule has 0 radical (unpaired) electrons. The third-order valence-electron chi connectivity index (χ3n) is 3.52. The molecule has 2 aromatic rings. The summed E-state index contributed by atoms with van der Waals surface area (Å²) in [4.78, 5) is 2.45. The van der Waals surface area contributed by atoms with Gasteiger partial charge in [-0.25, -0.2) is 0 Å². The van der Waals surface area contributed by atoms with Gasteiger partial charge in [-0.1, -0.05) is 60.7 Å². The van der Waals surface area contributed by atoms with E-state index in [1.807, 2.05) is 0 Å². The maximum atomic E-state index is 5.92. The number of rotatable bonds is 8. The van der Waals surface area contributed by atoms with E-state index in [4.69, 9.17) is 11.6 Å². The number of benzene rings is 2. The molecule has 0 spiro atoms. The third-order valence-corrected chi connectivity index (χ3v) is 3.69. The summed E-state index contributed by atoms with van der Waals surface area (Å²) in [5.41, 5.74) is 2.79. The summed E-state index contributed by atoms with van der Waals surface area (Å²) in [5.74, 6) is 0.698. The Hall–Kier alpha value is -1.31. The fourth-order valence-electron chi connectivity index (χ4n) is 2.32. The second-order valence-corrected chi connectivity index (χ2v) is 5.38. The van der Waals surface area contributed by atoms with E-state index >= 15 is 0 Å². The maximum absolute atomic E-state index is 5.92. The topological polar surface area (TPSA) is 3.24 Å². The van der Waals surface area contributed by atoms with E-state index in [-0.39, 0.29) is 0 Å². The highest BCUT2D eigenvalue weighted by Crippen LogP contribution is 2.05. The third kappa shape index (κ3) is 5.36. The first-order valence-electron chi connectivity index (χ1n) is 7.24. The minimum Gasteiger partial charge on any atom is -0.301 e. The van der Waals surface area contributed by atoms with Gasteiger partial charge in [0.05, 0.1) is 0 Å². The van der Waals surface area contributed by atoms with Gasteiger partial charge in [0, 0.05) is 25.5 Å². The Kier molecular flexibility index (Phi) is 6.62. The molecule has 0 aliphatic heterocycles. The van der Waals surface area contributed by atoms with E-state index in [1.165, 1.54) is 11.1 Å². The van der Waals surface area contributed by atoms with E-state index < -0.39 is 0 Å². The van der Waals surface area contributed by atoms with Crippen molar-refractivity contribution >= 4 is 11.6 Å². The first-order chi connectivity index (χ1) is 9.88. The Morgan fingerprint density at radius 2 is 1.10 bits per heavy atom. The van der Waals surface area contributed by atoms with E-state index in [9.17, 15) is 0 Å². The summed E-state index contributed by atoms with van der Waals surface area (Å²) in [6.07, 6.45) is 2.18. The highest BCUT2D eigenvalue weighted by Gasteiger charge is 2.05. The summed E-state index contributed by atoms with van der Waals surface area (Å²) in [7, 11) is 0. The number of alkyl halides is 1. The summed E-state index contributed by atoms with van der Waals surface area (Å²) >= 11 is 5.92. The Labute approximate surface area is 127 Å². The van der Waals surface area contributed by atoms with Crippen LogP contribution in [-0.2, 0) is 12.8 Å².